The number of sulfone groups is 1. The van der Waals surface area contributed by atoms with Crippen LogP contribution in [0.3, 0.4) is 0 Å². The van der Waals surface area contributed by atoms with Gasteiger partial charge in [-0.2, -0.15) is 13.2 Å². The summed E-state index contributed by atoms with van der Waals surface area (Å²) in [6, 6.07) is 20.3. The van der Waals surface area contributed by atoms with Crippen molar-refractivity contribution in [3.8, 4) is 22.4 Å². The summed E-state index contributed by atoms with van der Waals surface area (Å²) in [5.41, 5.74) is -2.10. The van der Waals surface area contributed by atoms with E-state index in [1.54, 1.807) is 12.1 Å². The topological polar surface area (TPSA) is 47.0 Å². The summed E-state index contributed by atoms with van der Waals surface area (Å²) in [6.45, 7) is 12.6. The number of benzene rings is 3. The van der Waals surface area contributed by atoms with E-state index in [2.05, 4.69) is 46.5 Å². The van der Waals surface area contributed by atoms with Gasteiger partial charge in [0.25, 0.3) is 9.84 Å². The summed E-state index contributed by atoms with van der Waals surface area (Å²) >= 11 is 0. The fourth-order valence-electron chi connectivity index (χ4n) is 4.66. The first-order chi connectivity index (χ1) is 17.5. The molecule has 0 unspecified atom stereocenters. The largest absolute Gasteiger partial charge is 0.501 e. The van der Waals surface area contributed by atoms with Crippen LogP contribution < -0.4 is 0 Å². The van der Waals surface area contributed by atoms with Crippen molar-refractivity contribution < 1.29 is 21.6 Å². The molecule has 1 aromatic heterocycles. The molecule has 3 aromatic carbocycles. The molecule has 4 aromatic rings. The fraction of sp³-hybridized carbons (Fsp3) is 0.323. The minimum atomic E-state index is -5.62. The Hall–Kier alpha value is -3.19. The lowest BCUT2D eigenvalue weighted by molar-refractivity contribution is -0.0435. The minimum absolute atomic E-state index is 0.0248. The van der Waals surface area contributed by atoms with Gasteiger partial charge in [0.2, 0.25) is 0 Å². The van der Waals surface area contributed by atoms with Crippen molar-refractivity contribution in [2.75, 3.05) is 0 Å². The number of hydrogen-bond acceptors (Lipinski definition) is 3. The number of alkyl halides is 3. The lowest BCUT2D eigenvalue weighted by Crippen LogP contribution is -2.24. The quantitative estimate of drug-likeness (QED) is 0.260. The number of aromatic nitrogens is 1. The molecule has 0 N–H and O–H groups in total. The third kappa shape index (κ3) is 5.63. The molecule has 0 bridgehead atoms. The van der Waals surface area contributed by atoms with E-state index in [9.17, 15) is 21.6 Å². The number of hydrogen-bond donors (Lipinski definition) is 0. The summed E-state index contributed by atoms with van der Waals surface area (Å²) < 4.78 is 66.0. The van der Waals surface area contributed by atoms with E-state index >= 15 is 0 Å². The van der Waals surface area contributed by atoms with Crippen molar-refractivity contribution >= 4 is 20.6 Å². The van der Waals surface area contributed by atoms with Crippen LogP contribution in [-0.2, 0) is 21.7 Å². The molecule has 0 radical (unpaired) electrons. The van der Waals surface area contributed by atoms with Crippen LogP contribution in [0.25, 0.3) is 33.2 Å². The van der Waals surface area contributed by atoms with E-state index < -0.39 is 20.2 Å². The van der Waals surface area contributed by atoms with Gasteiger partial charge in [0.05, 0.1) is 5.69 Å². The zero-order chi connectivity index (χ0) is 28.1. The van der Waals surface area contributed by atoms with Crippen LogP contribution in [0.1, 0.15) is 52.7 Å². The van der Waals surface area contributed by atoms with Crippen molar-refractivity contribution in [1.29, 1.82) is 0 Å². The number of rotatable bonds is 4. The number of halogens is 3. The lowest BCUT2D eigenvalue weighted by atomic mass is 9.82. The smallest absolute Gasteiger partial charge is 0.255 e. The van der Waals surface area contributed by atoms with E-state index in [0.717, 1.165) is 34.5 Å². The predicted molar refractivity (Wildman–Crippen MR) is 148 cm³/mol. The average molecular weight is 540 g/mol. The molecule has 7 heteroatoms. The van der Waals surface area contributed by atoms with Crippen molar-refractivity contribution in [3.05, 3.63) is 84.1 Å². The molecule has 38 heavy (non-hydrogen) atoms. The van der Waals surface area contributed by atoms with Crippen LogP contribution in [0, 0.1) is 5.41 Å². The molecule has 0 atom stereocenters. The Labute approximate surface area is 222 Å². The molecule has 0 aliphatic carbocycles. The van der Waals surface area contributed by atoms with Gasteiger partial charge in [0.15, 0.2) is 0 Å². The third-order valence-electron chi connectivity index (χ3n) is 6.43. The van der Waals surface area contributed by atoms with Crippen molar-refractivity contribution in [2.24, 2.45) is 5.41 Å². The van der Waals surface area contributed by atoms with Crippen LogP contribution in [0.5, 0.6) is 0 Å². The summed E-state index contributed by atoms with van der Waals surface area (Å²) in [6.07, 6.45) is 1.61. The molecule has 1 heterocycles. The van der Waals surface area contributed by atoms with E-state index in [-0.39, 0.29) is 16.4 Å². The Morgan fingerprint density at radius 1 is 0.789 bits per heavy atom. The fourth-order valence-corrected chi connectivity index (χ4v) is 5.57. The second kappa shape index (κ2) is 9.53. The highest BCUT2D eigenvalue weighted by molar-refractivity contribution is 7.92. The maximum Gasteiger partial charge on any atom is 0.501 e. The van der Waals surface area contributed by atoms with E-state index in [0.29, 0.717) is 16.8 Å². The molecular formula is C31H32F3NO2S. The molecule has 0 saturated heterocycles. The second-order valence-electron chi connectivity index (χ2n) is 11.9. The highest BCUT2D eigenvalue weighted by Crippen LogP contribution is 2.40. The van der Waals surface area contributed by atoms with E-state index in [4.69, 9.17) is 0 Å². The first-order valence-corrected chi connectivity index (χ1v) is 13.9. The van der Waals surface area contributed by atoms with Crippen LogP contribution in [0.4, 0.5) is 13.2 Å². The van der Waals surface area contributed by atoms with Gasteiger partial charge in [-0.3, -0.25) is 4.98 Å². The first-order valence-electron chi connectivity index (χ1n) is 12.4. The minimum Gasteiger partial charge on any atom is -0.255 e. The molecule has 0 aliphatic rings. The molecule has 4 rings (SSSR count). The summed E-state index contributed by atoms with van der Waals surface area (Å²) in [4.78, 5) is 3.38. The van der Waals surface area contributed by atoms with E-state index in [1.807, 2.05) is 48.5 Å². The summed E-state index contributed by atoms with van der Waals surface area (Å²) in [5, 5.41) is 2.05. The third-order valence-corrected chi connectivity index (χ3v) is 7.94. The zero-order valence-electron chi connectivity index (χ0n) is 22.4. The van der Waals surface area contributed by atoms with Crippen LogP contribution >= 0.6 is 0 Å². The Bertz CT molecular complexity index is 1590. The highest BCUT2D eigenvalue weighted by Gasteiger charge is 2.48. The van der Waals surface area contributed by atoms with Crippen LogP contribution in [0.2, 0.25) is 0 Å². The standard InChI is InChI=1S/C31H32F3NO2S/c1-29(2,3)18-20-11-13-21(14-12-20)25-17-27(35-19-28(25)38(36,37)31(32,33)34)23-15-22-9-7-8-10-24(22)26(16-23)30(4,5)6/h7-17,19H,18H2,1-6H3. The molecule has 0 aliphatic heterocycles. The van der Waals surface area contributed by atoms with Gasteiger partial charge in [0, 0.05) is 17.3 Å². The maximum absolute atomic E-state index is 13.6. The monoisotopic (exact) mass is 539 g/mol. The normalized spacial score (nSPS) is 13.2. The predicted octanol–water partition coefficient (Wildman–Crippen LogP) is 8.75. The molecule has 200 valence electrons. The number of fused-ring (bicyclic) bond motifs is 1. The van der Waals surface area contributed by atoms with Crippen LogP contribution in [-0.4, -0.2) is 18.9 Å². The molecule has 3 nitrogen and oxygen atoms in total. The van der Waals surface area contributed by atoms with E-state index in [1.165, 1.54) is 6.07 Å². The van der Waals surface area contributed by atoms with Gasteiger partial charge in [-0.1, -0.05) is 90.1 Å². The molecular weight excluding hydrogens is 507 g/mol. The molecule has 0 amide bonds. The first kappa shape index (κ1) is 27.8. The molecule has 0 saturated carbocycles. The molecule has 0 spiro atoms. The maximum atomic E-state index is 13.6. The Kier molecular flexibility index (Phi) is 6.98. The van der Waals surface area contributed by atoms with Gasteiger partial charge in [-0.05, 0) is 62.9 Å². The van der Waals surface area contributed by atoms with Crippen molar-refractivity contribution in [2.45, 2.75) is 63.8 Å². The summed E-state index contributed by atoms with van der Waals surface area (Å²) in [7, 11) is -5.62. The van der Waals surface area contributed by atoms with Gasteiger partial charge in [-0.25, -0.2) is 8.42 Å². The van der Waals surface area contributed by atoms with Gasteiger partial charge in [0.1, 0.15) is 4.90 Å². The van der Waals surface area contributed by atoms with Gasteiger partial charge >= 0.3 is 5.51 Å². The average Bonchev–Trinajstić information content (AvgIpc) is 2.81. The van der Waals surface area contributed by atoms with Crippen LogP contribution in [0.15, 0.2) is 77.8 Å². The Morgan fingerprint density at radius 3 is 2.00 bits per heavy atom. The second-order valence-corrected chi connectivity index (χ2v) is 13.9. The van der Waals surface area contributed by atoms with Gasteiger partial charge < -0.3 is 0 Å². The Morgan fingerprint density at radius 2 is 1.42 bits per heavy atom. The summed E-state index contributed by atoms with van der Waals surface area (Å²) in [5.74, 6) is 0. The SMILES string of the molecule is CC(C)(C)Cc1ccc(-c2cc(-c3cc(C(C)(C)C)c4ccccc4c3)ncc2S(=O)(=O)C(F)(F)F)cc1. The van der Waals surface area contributed by atoms with Gasteiger partial charge in [-0.15, -0.1) is 0 Å². The molecule has 0 fully saturated rings. The number of nitrogens with zero attached hydrogens (tertiary/aromatic N) is 1. The lowest BCUT2D eigenvalue weighted by Gasteiger charge is -2.23. The Balaban J connectivity index is 1.95. The zero-order valence-corrected chi connectivity index (χ0v) is 23.3. The van der Waals surface area contributed by atoms with Crippen molar-refractivity contribution in [1.82, 2.24) is 4.98 Å². The highest BCUT2D eigenvalue weighted by atomic mass is 32.2. The van der Waals surface area contributed by atoms with Crippen molar-refractivity contribution in [3.63, 3.8) is 0 Å². The number of pyridine rings is 1.